The number of hydrogen-bond donors (Lipinski definition) is 0. The third kappa shape index (κ3) is 4.55. The highest BCUT2D eigenvalue weighted by molar-refractivity contribution is 5.24. The van der Waals surface area contributed by atoms with Gasteiger partial charge in [-0.2, -0.15) is 0 Å². The lowest BCUT2D eigenvalue weighted by Gasteiger charge is -2.19. The minimum atomic E-state index is 0.928. The lowest BCUT2D eigenvalue weighted by molar-refractivity contribution is 0.454. The van der Waals surface area contributed by atoms with Crippen LogP contribution in [-0.4, -0.2) is 0 Å². The van der Waals surface area contributed by atoms with Crippen molar-refractivity contribution in [3.63, 3.8) is 0 Å². The van der Waals surface area contributed by atoms with Gasteiger partial charge in [-0.15, -0.1) is 0 Å². The molecule has 1 aliphatic carbocycles. The summed E-state index contributed by atoms with van der Waals surface area (Å²) < 4.78 is 0. The molecule has 0 aromatic rings. The van der Waals surface area contributed by atoms with Crippen molar-refractivity contribution in [3.05, 3.63) is 23.3 Å². The van der Waals surface area contributed by atoms with Crippen molar-refractivity contribution in [2.75, 3.05) is 0 Å². The van der Waals surface area contributed by atoms with E-state index in [1.807, 2.05) is 0 Å². The molecular formula is C16H28. The van der Waals surface area contributed by atoms with Crippen LogP contribution in [0.3, 0.4) is 0 Å². The molecule has 0 heterocycles. The van der Waals surface area contributed by atoms with E-state index in [4.69, 9.17) is 0 Å². The molecule has 1 unspecified atom stereocenters. The molecule has 0 radical (unpaired) electrons. The van der Waals surface area contributed by atoms with Crippen LogP contribution in [-0.2, 0) is 0 Å². The summed E-state index contributed by atoms with van der Waals surface area (Å²) in [5.74, 6) is 0.928. The first-order valence-corrected chi connectivity index (χ1v) is 7.17. The third-order valence-corrected chi connectivity index (χ3v) is 3.72. The molecule has 0 nitrogen and oxygen atoms in total. The summed E-state index contributed by atoms with van der Waals surface area (Å²) in [5.41, 5.74) is 3.36. The van der Waals surface area contributed by atoms with Crippen LogP contribution in [0.25, 0.3) is 0 Å². The van der Waals surface area contributed by atoms with Crippen LogP contribution in [0.4, 0.5) is 0 Å². The Kier molecular flexibility index (Phi) is 6.52. The highest BCUT2D eigenvalue weighted by atomic mass is 14.2. The fraction of sp³-hybridized carbons (Fsp3) is 0.750. The van der Waals surface area contributed by atoms with Crippen LogP contribution < -0.4 is 0 Å². The maximum Gasteiger partial charge on any atom is -0.0280 e. The van der Waals surface area contributed by atoms with Crippen LogP contribution in [0, 0.1) is 5.92 Å². The van der Waals surface area contributed by atoms with Crippen LogP contribution in [0.1, 0.15) is 72.1 Å². The van der Waals surface area contributed by atoms with Gasteiger partial charge in [-0.05, 0) is 31.6 Å². The first kappa shape index (κ1) is 13.5. The Labute approximate surface area is 102 Å². The predicted octanol–water partition coefficient (Wildman–Crippen LogP) is 5.65. The molecule has 0 fully saturated rings. The molecule has 1 atom stereocenters. The molecule has 0 aromatic carbocycles. The standard InChI is InChI=1S/C16H28/c1-4-7-14(6-3)13-16-11-9-15(8-5-2)10-12-16/h9,11,14H,4-8,10,12-13H2,1-3H3. The van der Waals surface area contributed by atoms with Gasteiger partial charge < -0.3 is 0 Å². The van der Waals surface area contributed by atoms with E-state index in [1.165, 1.54) is 51.4 Å². The molecule has 0 spiro atoms. The van der Waals surface area contributed by atoms with E-state index in [1.54, 1.807) is 11.1 Å². The van der Waals surface area contributed by atoms with Gasteiger partial charge in [0.25, 0.3) is 0 Å². The number of rotatable bonds is 7. The molecule has 0 heteroatoms. The van der Waals surface area contributed by atoms with Crippen molar-refractivity contribution in [1.82, 2.24) is 0 Å². The lowest BCUT2D eigenvalue weighted by Crippen LogP contribution is -2.03. The Bertz CT molecular complexity index is 245. The average molecular weight is 220 g/mol. The normalized spacial score (nSPS) is 17.9. The molecule has 1 rings (SSSR count). The molecule has 0 bridgehead atoms. The molecule has 0 N–H and O–H groups in total. The molecule has 1 aliphatic rings. The predicted molar refractivity (Wildman–Crippen MR) is 73.6 cm³/mol. The number of hydrogen-bond acceptors (Lipinski definition) is 0. The zero-order valence-corrected chi connectivity index (χ0v) is 11.4. The van der Waals surface area contributed by atoms with Crippen molar-refractivity contribution in [1.29, 1.82) is 0 Å². The largest absolute Gasteiger partial charge is 0.0699 e. The van der Waals surface area contributed by atoms with E-state index >= 15 is 0 Å². The van der Waals surface area contributed by atoms with Crippen LogP contribution in [0.5, 0.6) is 0 Å². The molecular weight excluding hydrogens is 192 g/mol. The molecule has 0 amide bonds. The van der Waals surface area contributed by atoms with Crippen LogP contribution in [0.2, 0.25) is 0 Å². The van der Waals surface area contributed by atoms with Crippen molar-refractivity contribution < 1.29 is 0 Å². The van der Waals surface area contributed by atoms with Crippen molar-refractivity contribution in [2.45, 2.75) is 72.1 Å². The molecule has 16 heavy (non-hydrogen) atoms. The second-order valence-electron chi connectivity index (χ2n) is 5.17. The van der Waals surface area contributed by atoms with Gasteiger partial charge >= 0.3 is 0 Å². The van der Waals surface area contributed by atoms with Gasteiger partial charge in [-0.25, -0.2) is 0 Å². The zero-order chi connectivity index (χ0) is 11.8. The topological polar surface area (TPSA) is 0 Å². The summed E-state index contributed by atoms with van der Waals surface area (Å²) >= 11 is 0. The van der Waals surface area contributed by atoms with E-state index in [9.17, 15) is 0 Å². The monoisotopic (exact) mass is 220 g/mol. The van der Waals surface area contributed by atoms with Crippen molar-refractivity contribution >= 4 is 0 Å². The van der Waals surface area contributed by atoms with Gasteiger partial charge in [0.05, 0.1) is 0 Å². The molecule has 0 saturated heterocycles. The fourth-order valence-corrected chi connectivity index (χ4v) is 2.65. The summed E-state index contributed by atoms with van der Waals surface area (Å²) in [7, 11) is 0. The summed E-state index contributed by atoms with van der Waals surface area (Å²) in [4.78, 5) is 0. The molecule has 0 saturated carbocycles. The number of allylic oxidation sites excluding steroid dienone is 4. The maximum absolute atomic E-state index is 2.41. The van der Waals surface area contributed by atoms with Crippen LogP contribution in [0.15, 0.2) is 23.3 Å². The van der Waals surface area contributed by atoms with Gasteiger partial charge in [-0.1, -0.05) is 69.8 Å². The minimum Gasteiger partial charge on any atom is -0.0699 e. The van der Waals surface area contributed by atoms with Gasteiger partial charge in [0, 0.05) is 0 Å². The van der Waals surface area contributed by atoms with Crippen LogP contribution >= 0.6 is 0 Å². The van der Waals surface area contributed by atoms with E-state index in [2.05, 4.69) is 32.9 Å². The first-order valence-electron chi connectivity index (χ1n) is 7.17. The molecule has 0 aromatic heterocycles. The third-order valence-electron chi connectivity index (χ3n) is 3.72. The summed E-state index contributed by atoms with van der Waals surface area (Å²) in [6.45, 7) is 6.91. The zero-order valence-electron chi connectivity index (χ0n) is 11.4. The van der Waals surface area contributed by atoms with E-state index in [0.717, 1.165) is 5.92 Å². The Hall–Kier alpha value is -0.520. The minimum absolute atomic E-state index is 0.928. The molecule has 92 valence electrons. The SMILES string of the molecule is CCCC1=CC=C(CC(CC)CCC)CC1. The Morgan fingerprint density at radius 2 is 1.69 bits per heavy atom. The Balaban J connectivity index is 2.43. The summed E-state index contributed by atoms with van der Waals surface area (Å²) in [6, 6.07) is 0. The van der Waals surface area contributed by atoms with Crippen molar-refractivity contribution in [3.8, 4) is 0 Å². The second kappa shape index (κ2) is 7.70. The Morgan fingerprint density at radius 1 is 1.00 bits per heavy atom. The van der Waals surface area contributed by atoms with Crippen molar-refractivity contribution in [2.24, 2.45) is 5.92 Å². The van der Waals surface area contributed by atoms with E-state index < -0.39 is 0 Å². The van der Waals surface area contributed by atoms with Gasteiger partial charge in [0.15, 0.2) is 0 Å². The lowest BCUT2D eigenvalue weighted by atomic mass is 9.87. The van der Waals surface area contributed by atoms with E-state index in [-0.39, 0.29) is 0 Å². The quantitative estimate of drug-likeness (QED) is 0.520. The fourth-order valence-electron chi connectivity index (χ4n) is 2.65. The van der Waals surface area contributed by atoms with Gasteiger partial charge in [0.1, 0.15) is 0 Å². The highest BCUT2D eigenvalue weighted by Crippen LogP contribution is 2.28. The maximum atomic E-state index is 2.41. The van der Waals surface area contributed by atoms with Gasteiger partial charge in [-0.3, -0.25) is 0 Å². The van der Waals surface area contributed by atoms with Gasteiger partial charge in [0.2, 0.25) is 0 Å². The molecule has 0 aliphatic heterocycles. The Morgan fingerprint density at radius 3 is 2.19 bits per heavy atom. The average Bonchev–Trinajstić information content (AvgIpc) is 2.31. The second-order valence-corrected chi connectivity index (χ2v) is 5.17. The highest BCUT2D eigenvalue weighted by Gasteiger charge is 2.11. The van der Waals surface area contributed by atoms with E-state index in [0.29, 0.717) is 0 Å². The smallest absolute Gasteiger partial charge is 0.0280 e. The summed E-state index contributed by atoms with van der Waals surface area (Å²) in [5, 5.41) is 0. The first-order chi connectivity index (χ1) is 7.80. The summed E-state index contributed by atoms with van der Waals surface area (Å²) in [6.07, 6.45) is 15.5.